The van der Waals surface area contributed by atoms with E-state index in [1.165, 1.54) is 16.2 Å². The first-order chi connectivity index (χ1) is 13.7. The van der Waals surface area contributed by atoms with Crippen LogP contribution in [0.4, 0.5) is 10.8 Å². The largest absolute Gasteiger partial charge is 0.476 e. The Balaban J connectivity index is 1.45. The highest BCUT2D eigenvalue weighted by Crippen LogP contribution is 2.39. The Kier molecular flexibility index (Phi) is 5.27. The first-order valence-corrected chi connectivity index (χ1v) is 10.7. The number of carbonyl (C=O) groups excluding carboxylic acids is 2. The van der Waals surface area contributed by atoms with Crippen molar-refractivity contribution in [1.29, 1.82) is 0 Å². The first-order valence-electron chi connectivity index (χ1n) is 9.50. The summed E-state index contributed by atoms with van der Waals surface area (Å²) in [6.07, 6.45) is 1.05. The van der Waals surface area contributed by atoms with Gasteiger partial charge in [-0.2, -0.15) is 0 Å². The highest BCUT2D eigenvalue weighted by Gasteiger charge is 2.41. The second kappa shape index (κ2) is 7.59. The summed E-state index contributed by atoms with van der Waals surface area (Å²) >= 11 is 7.62. The Morgan fingerprint density at radius 3 is 3.00 bits per heavy atom. The van der Waals surface area contributed by atoms with Crippen LogP contribution in [0.2, 0.25) is 5.02 Å². The summed E-state index contributed by atoms with van der Waals surface area (Å²) in [6.45, 7) is 5.51. The summed E-state index contributed by atoms with van der Waals surface area (Å²) in [5.74, 6) is 0.203. The van der Waals surface area contributed by atoms with E-state index >= 15 is 0 Å². The van der Waals surface area contributed by atoms with Gasteiger partial charge in [0.15, 0.2) is 10.7 Å². The van der Waals surface area contributed by atoms with E-state index < -0.39 is 5.60 Å². The molecule has 0 bridgehead atoms. The fourth-order valence-electron chi connectivity index (χ4n) is 3.53. The van der Waals surface area contributed by atoms with Crippen LogP contribution in [0.25, 0.3) is 0 Å². The molecule has 1 aromatic carbocycles. The molecule has 9 heteroatoms. The number of ether oxygens (including phenoxy) is 1. The molecular weight excluding hydrogens is 412 g/mol. The number of anilines is 2. The van der Waals surface area contributed by atoms with Gasteiger partial charge < -0.3 is 19.9 Å². The molecule has 2 aromatic rings. The standard InChI is InChI=1S/C20H23ClN4O3S/c1-20(2)18(27)25(14-10-12(21)4-5-15(14)28-20)9-7-17(26)23-19-22-13-6-8-24(3)11-16(13)29-19/h4-5,10H,6-9,11H2,1-3H3,(H,22,23,26). The molecule has 0 unspecified atom stereocenters. The summed E-state index contributed by atoms with van der Waals surface area (Å²) in [5, 5.41) is 4.00. The number of fused-ring (bicyclic) bond motifs is 2. The lowest BCUT2D eigenvalue weighted by atomic mass is 10.0. The number of likely N-dealkylation sites (N-methyl/N-ethyl adjacent to an activating group) is 1. The molecule has 0 saturated heterocycles. The summed E-state index contributed by atoms with van der Waals surface area (Å²) < 4.78 is 5.81. The SMILES string of the molecule is CN1CCc2nc(NC(=O)CCN3C(=O)C(C)(C)Oc4ccc(Cl)cc43)sc2C1. The van der Waals surface area contributed by atoms with Crippen molar-refractivity contribution in [3.63, 3.8) is 0 Å². The predicted octanol–water partition coefficient (Wildman–Crippen LogP) is 3.32. The van der Waals surface area contributed by atoms with Gasteiger partial charge in [0.1, 0.15) is 5.75 Å². The Hall–Kier alpha value is -2.16. The predicted molar refractivity (Wildman–Crippen MR) is 114 cm³/mol. The van der Waals surface area contributed by atoms with Crippen LogP contribution in [0.15, 0.2) is 18.2 Å². The number of halogens is 1. The summed E-state index contributed by atoms with van der Waals surface area (Å²) in [7, 11) is 2.08. The van der Waals surface area contributed by atoms with Crippen molar-refractivity contribution in [3.8, 4) is 5.75 Å². The topological polar surface area (TPSA) is 74.8 Å². The molecule has 154 valence electrons. The molecular formula is C20H23ClN4O3S. The summed E-state index contributed by atoms with van der Waals surface area (Å²) in [4.78, 5) is 35.0. The average Bonchev–Trinajstić information content (AvgIpc) is 3.03. The minimum atomic E-state index is -1.00. The molecule has 1 N–H and O–H groups in total. The van der Waals surface area contributed by atoms with E-state index in [0.29, 0.717) is 21.6 Å². The molecule has 2 amide bonds. The van der Waals surface area contributed by atoms with Gasteiger partial charge in [-0.15, -0.1) is 11.3 Å². The molecule has 0 radical (unpaired) electrons. The Bertz CT molecular complexity index is 975. The number of aromatic nitrogens is 1. The maximum absolute atomic E-state index is 12.9. The molecule has 0 saturated carbocycles. The number of benzene rings is 1. The number of hydrogen-bond acceptors (Lipinski definition) is 6. The van der Waals surface area contributed by atoms with Crippen molar-refractivity contribution < 1.29 is 14.3 Å². The number of nitrogens with zero attached hydrogens (tertiary/aromatic N) is 3. The van der Waals surface area contributed by atoms with E-state index in [9.17, 15) is 9.59 Å². The van der Waals surface area contributed by atoms with Crippen molar-refractivity contribution in [3.05, 3.63) is 33.8 Å². The Labute approximate surface area is 178 Å². The Morgan fingerprint density at radius 2 is 2.21 bits per heavy atom. The van der Waals surface area contributed by atoms with Gasteiger partial charge in [-0.25, -0.2) is 4.98 Å². The van der Waals surface area contributed by atoms with Crippen LogP contribution in [0.3, 0.4) is 0 Å². The molecule has 0 atom stereocenters. The maximum Gasteiger partial charge on any atom is 0.270 e. The lowest BCUT2D eigenvalue weighted by Gasteiger charge is -2.38. The average molecular weight is 435 g/mol. The monoisotopic (exact) mass is 434 g/mol. The summed E-state index contributed by atoms with van der Waals surface area (Å²) in [6, 6.07) is 5.15. The lowest BCUT2D eigenvalue weighted by Crippen LogP contribution is -2.53. The molecule has 0 spiro atoms. The minimum absolute atomic E-state index is 0.151. The quantitative estimate of drug-likeness (QED) is 0.799. The van der Waals surface area contributed by atoms with Crippen molar-refractivity contribution in [2.24, 2.45) is 0 Å². The van der Waals surface area contributed by atoms with Crippen LogP contribution >= 0.6 is 22.9 Å². The fourth-order valence-corrected chi connectivity index (χ4v) is 4.81. The zero-order chi connectivity index (χ0) is 20.8. The van der Waals surface area contributed by atoms with Crippen LogP contribution in [0, 0.1) is 0 Å². The van der Waals surface area contributed by atoms with Gasteiger partial charge >= 0.3 is 0 Å². The van der Waals surface area contributed by atoms with Gasteiger partial charge in [0, 0.05) is 42.4 Å². The van der Waals surface area contributed by atoms with Gasteiger partial charge in [-0.1, -0.05) is 11.6 Å². The van der Waals surface area contributed by atoms with Crippen LogP contribution in [-0.2, 0) is 22.6 Å². The van der Waals surface area contributed by atoms with E-state index in [-0.39, 0.29) is 24.8 Å². The molecule has 0 fully saturated rings. The normalized spacial score (nSPS) is 18.1. The number of thiazole rings is 1. The van der Waals surface area contributed by atoms with Gasteiger partial charge in [-0.05, 0) is 39.1 Å². The van der Waals surface area contributed by atoms with E-state index in [4.69, 9.17) is 16.3 Å². The van der Waals surface area contributed by atoms with E-state index in [0.717, 1.165) is 25.2 Å². The molecule has 1 aromatic heterocycles. The van der Waals surface area contributed by atoms with E-state index in [1.807, 2.05) is 0 Å². The third-order valence-electron chi connectivity index (χ3n) is 5.07. The highest BCUT2D eigenvalue weighted by molar-refractivity contribution is 7.15. The van der Waals surface area contributed by atoms with Crippen LogP contribution in [0.5, 0.6) is 5.75 Å². The molecule has 29 heavy (non-hydrogen) atoms. The minimum Gasteiger partial charge on any atom is -0.476 e. The number of nitrogens with one attached hydrogen (secondary N) is 1. The third kappa shape index (κ3) is 4.10. The first kappa shape index (κ1) is 20.1. The van der Waals surface area contributed by atoms with E-state index in [2.05, 4.69) is 22.2 Å². The molecule has 3 heterocycles. The van der Waals surface area contributed by atoms with Gasteiger partial charge in [-0.3, -0.25) is 9.59 Å². The van der Waals surface area contributed by atoms with Gasteiger partial charge in [0.25, 0.3) is 5.91 Å². The molecule has 2 aliphatic heterocycles. The summed E-state index contributed by atoms with van der Waals surface area (Å²) in [5.41, 5.74) is 0.650. The molecule has 4 rings (SSSR count). The molecule has 2 aliphatic rings. The van der Waals surface area contributed by atoms with Crippen molar-refractivity contribution in [2.75, 3.05) is 30.4 Å². The lowest BCUT2D eigenvalue weighted by molar-refractivity contribution is -0.132. The number of rotatable bonds is 4. The third-order valence-corrected chi connectivity index (χ3v) is 6.30. The van der Waals surface area contributed by atoms with Gasteiger partial charge in [0.05, 0.1) is 11.4 Å². The van der Waals surface area contributed by atoms with Crippen LogP contribution in [0.1, 0.15) is 30.8 Å². The van der Waals surface area contributed by atoms with Crippen LogP contribution < -0.4 is 15.0 Å². The second-order valence-electron chi connectivity index (χ2n) is 7.86. The van der Waals surface area contributed by atoms with Crippen molar-refractivity contribution >= 4 is 45.6 Å². The van der Waals surface area contributed by atoms with Crippen molar-refractivity contribution in [2.45, 2.75) is 38.8 Å². The number of hydrogen-bond donors (Lipinski definition) is 1. The van der Waals surface area contributed by atoms with Crippen molar-refractivity contribution in [1.82, 2.24) is 9.88 Å². The highest BCUT2D eigenvalue weighted by atomic mass is 35.5. The maximum atomic E-state index is 12.9. The molecule has 7 nitrogen and oxygen atoms in total. The van der Waals surface area contributed by atoms with Crippen LogP contribution in [-0.4, -0.2) is 47.4 Å². The number of carbonyl (C=O) groups is 2. The number of amides is 2. The fraction of sp³-hybridized carbons (Fsp3) is 0.450. The van der Waals surface area contributed by atoms with Gasteiger partial charge in [0.2, 0.25) is 5.91 Å². The smallest absolute Gasteiger partial charge is 0.270 e. The zero-order valence-electron chi connectivity index (χ0n) is 16.6. The molecule has 0 aliphatic carbocycles. The second-order valence-corrected chi connectivity index (χ2v) is 9.38. The zero-order valence-corrected chi connectivity index (χ0v) is 18.2. The van der Waals surface area contributed by atoms with E-state index in [1.54, 1.807) is 36.9 Å². The Morgan fingerprint density at radius 1 is 1.41 bits per heavy atom.